The molecule has 0 saturated carbocycles. The van der Waals surface area contributed by atoms with Gasteiger partial charge in [0.1, 0.15) is 17.4 Å². The van der Waals surface area contributed by atoms with Crippen LogP contribution < -0.4 is 15.1 Å². The van der Waals surface area contributed by atoms with Gasteiger partial charge >= 0.3 is 12.7 Å². The SMILES string of the molecule is CC(C)[C@@H](N)C(=O)N1CC(Oc2ccc3c(c2C(=O)O)O[B-](O)(O)CC3)C1. The number of nitrogens with two attached hydrogens (primary N) is 1. The van der Waals surface area contributed by atoms with E-state index in [0.29, 0.717) is 25.1 Å². The molecule has 10 heteroatoms. The lowest BCUT2D eigenvalue weighted by Gasteiger charge is -2.41. The van der Waals surface area contributed by atoms with Crippen molar-refractivity contribution in [3.05, 3.63) is 23.3 Å². The molecule has 0 aliphatic carbocycles. The number of hydrogen-bond acceptors (Lipinski definition) is 7. The zero-order valence-corrected chi connectivity index (χ0v) is 15.3. The predicted octanol–water partition coefficient (Wildman–Crippen LogP) is -0.184. The predicted molar refractivity (Wildman–Crippen MR) is 96.5 cm³/mol. The average molecular weight is 379 g/mol. The number of aryl methyl sites for hydroxylation is 1. The van der Waals surface area contributed by atoms with E-state index < -0.39 is 18.8 Å². The number of carbonyl (C=O) groups is 2. The Morgan fingerprint density at radius 2 is 2.00 bits per heavy atom. The summed E-state index contributed by atoms with van der Waals surface area (Å²) in [7, 11) is 0. The van der Waals surface area contributed by atoms with Crippen molar-refractivity contribution in [3.8, 4) is 11.5 Å². The summed E-state index contributed by atoms with van der Waals surface area (Å²) in [5, 5.41) is 29.1. The van der Waals surface area contributed by atoms with Crippen molar-refractivity contribution in [3.63, 3.8) is 0 Å². The van der Waals surface area contributed by atoms with Gasteiger partial charge in [0.15, 0.2) is 0 Å². The van der Waals surface area contributed by atoms with Crippen molar-refractivity contribution in [2.24, 2.45) is 11.7 Å². The lowest BCUT2D eigenvalue weighted by Crippen LogP contribution is -2.60. The van der Waals surface area contributed by atoms with Crippen molar-refractivity contribution in [1.29, 1.82) is 0 Å². The Hall–Kier alpha value is -2.30. The number of carboxylic acid groups (broad SMARTS) is 1. The summed E-state index contributed by atoms with van der Waals surface area (Å²) in [4.78, 5) is 25.5. The van der Waals surface area contributed by atoms with E-state index in [1.54, 1.807) is 11.0 Å². The molecule has 27 heavy (non-hydrogen) atoms. The third-order valence-electron chi connectivity index (χ3n) is 4.97. The molecule has 3 rings (SSSR count). The third-order valence-corrected chi connectivity index (χ3v) is 4.97. The maximum Gasteiger partial charge on any atom is 0.430 e. The Kier molecular flexibility index (Phi) is 5.07. The molecule has 1 aromatic rings. The molecule has 0 radical (unpaired) electrons. The highest BCUT2D eigenvalue weighted by Crippen LogP contribution is 2.38. The minimum Gasteiger partial charge on any atom is -0.669 e. The number of carboxylic acids is 1. The second kappa shape index (κ2) is 7.03. The smallest absolute Gasteiger partial charge is 0.430 e. The maximum atomic E-state index is 12.2. The van der Waals surface area contributed by atoms with E-state index in [1.165, 1.54) is 6.07 Å². The molecule has 1 saturated heterocycles. The highest BCUT2D eigenvalue weighted by atomic mass is 16.6. The normalized spacial score (nSPS) is 19.7. The van der Waals surface area contributed by atoms with Gasteiger partial charge in [-0.05, 0) is 24.0 Å². The number of aromatic carboxylic acids is 1. The number of amides is 1. The molecule has 1 amide bonds. The van der Waals surface area contributed by atoms with Gasteiger partial charge in [-0.1, -0.05) is 26.2 Å². The van der Waals surface area contributed by atoms with E-state index in [9.17, 15) is 24.7 Å². The first kappa shape index (κ1) is 19.5. The summed E-state index contributed by atoms with van der Waals surface area (Å²) < 4.78 is 10.9. The largest absolute Gasteiger partial charge is 0.669 e. The van der Waals surface area contributed by atoms with Crippen molar-refractivity contribution in [1.82, 2.24) is 4.90 Å². The molecule has 0 aromatic heterocycles. The van der Waals surface area contributed by atoms with E-state index in [-0.39, 0.29) is 41.3 Å². The molecule has 0 unspecified atom stereocenters. The summed E-state index contributed by atoms with van der Waals surface area (Å²) in [6.45, 7) is 1.27. The number of rotatable bonds is 5. The van der Waals surface area contributed by atoms with Gasteiger partial charge < -0.3 is 35.2 Å². The van der Waals surface area contributed by atoms with Gasteiger partial charge in [-0.15, -0.1) is 0 Å². The molecule has 9 nitrogen and oxygen atoms in total. The van der Waals surface area contributed by atoms with Crippen LogP contribution in [0, 0.1) is 5.92 Å². The number of fused-ring (bicyclic) bond motifs is 1. The van der Waals surface area contributed by atoms with E-state index in [4.69, 9.17) is 15.1 Å². The minimum absolute atomic E-state index is 0.00205. The van der Waals surface area contributed by atoms with E-state index >= 15 is 0 Å². The minimum atomic E-state index is -3.09. The molecule has 0 bridgehead atoms. The van der Waals surface area contributed by atoms with Gasteiger partial charge in [-0.3, -0.25) is 4.79 Å². The molecule has 2 aliphatic rings. The Labute approximate surface area is 156 Å². The van der Waals surface area contributed by atoms with Crippen LogP contribution in [0.15, 0.2) is 12.1 Å². The number of likely N-dealkylation sites (tertiary alicyclic amines) is 1. The number of ether oxygens (including phenoxy) is 1. The average Bonchev–Trinajstić information content (AvgIpc) is 2.54. The van der Waals surface area contributed by atoms with Gasteiger partial charge in [0.25, 0.3) is 0 Å². The van der Waals surface area contributed by atoms with Crippen molar-refractivity contribution in [2.45, 2.75) is 38.7 Å². The van der Waals surface area contributed by atoms with Crippen LogP contribution in [0.5, 0.6) is 11.5 Å². The van der Waals surface area contributed by atoms with Gasteiger partial charge in [-0.2, -0.15) is 0 Å². The molecule has 1 aromatic carbocycles. The lowest BCUT2D eigenvalue weighted by atomic mass is 9.70. The van der Waals surface area contributed by atoms with Gasteiger partial charge in [-0.25, -0.2) is 4.79 Å². The Balaban J connectivity index is 1.74. The molecule has 148 valence electrons. The van der Waals surface area contributed by atoms with Crippen LogP contribution in [0.4, 0.5) is 0 Å². The Morgan fingerprint density at radius 3 is 2.59 bits per heavy atom. The van der Waals surface area contributed by atoms with Gasteiger partial charge in [0, 0.05) is 0 Å². The van der Waals surface area contributed by atoms with Gasteiger partial charge in [0.2, 0.25) is 5.91 Å². The fourth-order valence-corrected chi connectivity index (χ4v) is 3.20. The lowest BCUT2D eigenvalue weighted by molar-refractivity contribution is -0.142. The third kappa shape index (κ3) is 3.87. The molecule has 2 aliphatic heterocycles. The summed E-state index contributed by atoms with van der Waals surface area (Å²) in [6.07, 6.45) is -0.0735. The summed E-state index contributed by atoms with van der Waals surface area (Å²) in [5.41, 5.74) is 6.19. The van der Waals surface area contributed by atoms with E-state index in [0.717, 1.165) is 0 Å². The maximum absolute atomic E-state index is 12.2. The Bertz CT molecular complexity index is 762. The van der Waals surface area contributed by atoms with Crippen molar-refractivity contribution in [2.75, 3.05) is 13.1 Å². The van der Waals surface area contributed by atoms with E-state index in [1.807, 2.05) is 13.8 Å². The number of nitrogens with zero attached hydrogens (tertiary/aromatic N) is 1. The number of carbonyl (C=O) groups excluding carboxylic acids is 1. The second-order valence-corrected chi connectivity index (χ2v) is 7.50. The molecule has 1 atom stereocenters. The Morgan fingerprint density at radius 1 is 1.33 bits per heavy atom. The van der Waals surface area contributed by atoms with Crippen LogP contribution >= 0.6 is 0 Å². The zero-order chi connectivity index (χ0) is 19.9. The van der Waals surface area contributed by atoms with Crippen molar-refractivity contribution < 1.29 is 34.1 Å². The van der Waals surface area contributed by atoms with Crippen LogP contribution in [-0.4, -0.2) is 63.9 Å². The topological polar surface area (TPSA) is 143 Å². The second-order valence-electron chi connectivity index (χ2n) is 7.50. The highest BCUT2D eigenvalue weighted by Gasteiger charge is 2.37. The standard InChI is InChI=1S/C17H24BN2O7/c1-9(2)14(19)16(21)20-7-11(8-20)26-12-4-3-10-5-6-18(24,25)27-15(10)13(12)17(22)23/h3-4,9,11,14,24-25H,5-8,19H2,1-2H3,(H,22,23)/q-1/t14-/m1/s1. The van der Waals surface area contributed by atoms with Crippen LogP contribution in [0.3, 0.4) is 0 Å². The number of hydrogen-bond donors (Lipinski definition) is 4. The van der Waals surface area contributed by atoms with Crippen LogP contribution in [0.1, 0.15) is 29.8 Å². The molecule has 0 spiro atoms. The van der Waals surface area contributed by atoms with Crippen molar-refractivity contribution >= 4 is 18.6 Å². The summed E-state index contributed by atoms with van der Waals surface area (Å²) >= 11 is 0. The molecular weight excluding hydrogens is 355 g/mol. The van der Waals surface area contributed by atoms with Crippen LogP contribution in [-0.2, 0) is 11.2 Å². The first-order valence-corrected chi connectivity index (χ1v) is 8.98. The highest BCUT2D eigenvalue weighted by molar-refractivity contribution is 6.59. The zero-order valence-electron chi connectivity index (χ0n) is 15.3. The quantitative estimate of drug-likeness (QED) is 0.516. The van der Waals surface area contributed by atoms with Crippen LogP contribution in [0.25, 0.3) is 0 Å². The van der Waals surface area contributed by atoms with Gasteiger partial charge in [0.05, 0.1) is 24.9 Å². The fraction of sp³-hybridized carbons (Fsp3) is 0.529. The van der Waals surface area contributed by atoms with E-state index in [2.05, 4.69) is 0 Å². The monoisotopic (exact) mass is 379 g/mol. The first-order valence-electron chi connectivity index (χ1n) is 8.98. The number of benzene rings is 1. The summed E-state index contributed by atoms with van der Waals surface area (Å²) in [5.74, 6) is -1.44. The molecular formula is C17H24BN2O7-. The molecule has 5 N–H and O–H groups in total. The fourth-order valence-electron chi connectivity index (χ4n) is 3.20. The first-order chi connectivity index (χ1) is 12.6. The molecule has 1 fully saturated rings. The summed E-state index contributed by atoms with van der Waals surface area (Å²) in [6, 6.07) is 2.60. The molecule has 2 heterocycles. The van der Waals surface area contributed by atoms with Crippen LogP contribution in [0.2, 0.25) is 6.32 Å².